The summed E-state index contributed by atoms with van der Waals surface area (Å²) in [4.78, 5) is 17.6. The maximum Gasteiger partial charge on any atom is 0.432 e. The zero-order chi connectivity index (χ0) is 25.6. The van der Waals surface area contributed by atoms with Gasteiger partial charge in [-0.2, -0.15) is 18.2 Å². The van der Waals surface area contributed by atoms with Gasteiger partial charge in [0.1, 0.15) is 5.69 Å². The van der Waals surface area contributed by atoms with E-state index in [9.17, 15) is 18.0 Å². The largest absolute Gasteiger partial charge is 0.432 e. The Hall–Kier alpha value is -3.62. The van der Waals surface area contributed by atoms with Crippen molar-refractivity contribution in [2.45, 2.75) is 19.6 Å². The number of carbonyl (C=O) groups is 1. The molecule has 3 aromatic carbocycles. The van der Waals surface area contributed by atoms with Crippen molar-refractivity contribution in [3.63, 3.8) is 0 Å². The summed E-state index contributed by atoms with van der Waals surface area (Å²) in [6.07, 6.45) is -4.87. The summed E-state index contributed by atoms with van der Waals surface area (Å²) in [5.41, 5.74) is 0.181. The Morgan fingerprint density at radius 1 is 1.03 bits per heavy atom. The Balaban J connectivity index is 1.71. The molecule has 0 radical (unpaired) electrons. The maximum absolute atomic E-state index is 14.6. The number of aromatic nitrogens is 3. The van der Waals surface area contributed by atoms with E-state index in [1.165, 1.54) is 12.1 Å². The SMILES string of the molecule is Cc1ccc2c(c1)c(C(=O)c1noc(-c3ccccc3)n1)c(C(F)(F)F)n2Cc1ccc(Cl)cc1Cl. The second-order valence-electron chi connectivity index (χ2n) is 8.18. The van der Waals surface area contributed by atoms with Crippen LogP contribution < -0.4 is 0 Å². The lowest BCUT2D eigenvalue weighted by Crippen LogP contribution is -2.19. The number of carbonyl (C=O) groups excluding carboxylic acids is 1. The number of alkyl halides is 3. The first-order valence-electron chi connectivity index (χ1n) is 10.7. The number of fused-ring (bicyclic) bond motifs is 1. The van der Waals surface area contributed by atoms with Gasteiger partial charge in [0.05, 0.1) is 5.56 Å². The van der Waals surface area contributed by atoms with Crippen molar-refractivity contribution in [1.82, 2.24) is 14.7 Å². The molecule has 0 unspecified atom stereocenters. The molecule has 0 atom stereocenters. The number of ketones is 1. The van der Waals surface area contributed by atoms with E-state index in [1.54, 1.807) is 61.5 Å². The van der Waals surface area contributed by atoms with Crippen molar-refractivity contribution in [3.05, 3.63) is 105 Å². The number of hydrogen-bond acceptors (Lipinski definition) is 4. The second kappa shape index (κ2) is 9.11. The highest BCUT2D eigenvalue weighted by atomic mass is 35.5. The molecule has 0 amide bonds. The molecule has 0 fully saturated rings. The van der Waals surface area contributed by atoms with Crippen LogP contribution in [-0.2, 0) is 12.7 Å². The summed E-state index contributed by atoms with van der Waals surface area (Å²) in [6, 6.07) is 18.0. The predicted molar refractivity (Wildman–Crippen MR) is 130 cm³/mol. The average molecular weight is 530 g/mol. The average Bonchev–Trinajstić information content (AvgIpc) is 3.44. The number of nitrogens with zero attached hydrogens (tertiary/aromatic N) is 3. The number of benzene rings is 3. The summed E-state index contributed by atoms with van der Waals surface area (Å²) in [6.45, 7) is 1.50. The summed E-state index contributed by atoms with van der Waals surface area (Å²) in [5.74, 6) is -1.44. The van der Waals surface area contributed by atoms with E-state index >= 15 is 0 Å². The normalized spacial score (nSPS) is 11.8. The molecule has 0 aliphatic carbocycles. The van der Waals surface area contributed by atoms with Gasteiger partial charge in [-0.15, -0.1) is 0 Å². The molecule has 182 valence electrons. The molecule has 5 rings (SSSR count). The maximum atomic E-state index is 14.6. The summed E-state index contributed by atoms with van der Waals surface area (Å²) >= 11 is 12.2. The fraction of sp³-hybridized carbons (Fsp3) is 0.115. The lowest BCUT2D eigenvalue weighted by molar-refractivity contribution is -0.143. The van der Waals surface area contributed by atoms with Crippen LogP contribution in [0, 0.1) is 6.92 Å². The molecule has 0 saturated carbocycles. The minimum Gasteiger partial charge on any atom is -0.333 e. The van der Waals surface area contributed by atoms with Crippen molar-refractivity contribution in [1.29, 1.82) is 0 Å². The number of hydrogen-bond donors (Lipinski definition) is 0. The van der Waals surface area contributed by atoms with Crippen LogP contribution >= 0.6 is 23.2 Å². The van der Waals surface area contributed by atoms with E-state index < -0.39 is 29.0 Å². The third-order valence-electron chi connectivity index (χ3n) is 5.71. The van der Waals surface area contributed by atoms with E-state index in [4.69, 9.17) is 27.7 Å². The van der Waals surface area contributed by atoms with Crippen molar-refractivity contribution >= 4 is 39.9 Å². The van der Waals surface area contributed by atoms with Gasteiger partial charge in [0.2, 0.25) is 11.6 Å². The van der Waals surface area contributed by atoms with Gasteiger partial charge in [0, 0.05) is 33.1 Å². The second-order valence-corrected chi connectivity index (χ2v) is 9.03. The number of aryl methyl sites for hydroxylation is 1. The number of rotatable bonds is 5. The van der Waals surface area contributed by atoms with Gasteiger partial charge in [0.25, 0.3) is 5.89 Å². The molecular weight excluding hydrogens is 514 g/mol. The van der Waals surface area contributed by atoms with Crippen molar-refractivity contribution < 1.29 is 22.5 Å². The minimum absolute atomic E-state index is 0.0281. The van der Waals surface area contributed by atoms with Gasteiger partial charge >= 0.3 is 6.18 Å². The van der Waals surface area contributed by atoms with Crippen molar-refractivity contribution in [2.75, 3.05) is 0 Å². The third kappa shape index (κ3) is 4.38. The topological polar surface area (TPSA) is 60.9 Å². The van der Waals surface area contributed by atoms with E-state index in [-0.39, 0.29) is 28.4 Å². The monoisotopic (exact) mass is 529 g/mol. The van der Waals surface area contributed by atoms with Crippen LogP contribution in [-0.4, -0.2) is 20.5 Å². The summed E-state index contributed by atoms with van der Waals surface area (Å²) < 4.78 is 49.9. The molecule has 36 heavy (non-hydrogen) atoms. The Labute approximate surface area is 213 Å². The van der Waals surface area contributed by atoms with E-state index in [0.29, 0.717) is 21.7 Å². The van der Waals surface area contributed by atoms with Crippen LogP contribution in [0.25, 0.3) is 22.4 Å². The van der Waals surface area contributed by atoms with Crippen LogP contribution in [0.4, 0.5) is 13.2 Å². The molecule has 0 bridgehead atoms. The predicted octanol–water partition coefficient (Wildman–Crippen LogP) is 7.60. The Bertz CT molecular complexity index is 1610. The molecule has 2 heterocycles. The van der Waals surface area contributed by atoms with E-state index in [0.717, 1.165) is 4.57 Å². The van der Waals surface area contributed by atoms with Gasteiger partial charge in [-0.05, 0) is 48.9 Å². The van der Waals surface area contributed by atoms with Crippen LogP contribution in [0.1, 0.15) is 33.0 Å². The molecule has 0 saturated heterocycles. The fourth-order valence-electron chi connectivity index (χ4n) is 4.10. The van der Waals surface area contributed by atoms with Crippen molar-refractivity contribution in [2.24, 2.45) is 0 Å². The lowest BCUT2D eigenvalue weighted by Gasteiger charge is -2.15. The molecule has 0 aliphatic rings. The molecule has 2 aromatic heterocycles. The minimum atomic E-state index is -4.87. The van der Waals surface area contributed by atoms with E-state index in [2.05, 4.69) is 10.1 Å². The van der Waals surface area contributed by atoms with Crippen LogP contribution in [0.3, 0.4) is 0 Å². The first-order valence-corrected chi connectivity index (χ1v) is 11.5. The zero-order valence-electron chi connectivity index (χ0n) is 18.6. The molecule has 5 nitrogen and oxygen atoms in total. The first-order chi connectivity index (χ1) is 17.1. The quantitative estimate of drug-likeness (QED) is 0.220. The lowest BCUT2D eigenvalue weighted by atomic mass is 10.0. The van der Waals surface area contributed by atoms with Gasteiger partial charge < -0.3 is 9.09 Å². The molecule has 0 N–H and O–H groups in total. The van der Waals surface area contributed by atoms with Gasteiger partial charge in [-0.1, -0.05) is 64.3 Å². The molecule has 10 heteroatoms. The molecule has 0 spiro atoms. The Morgan fingerprint density at radius 3 is 2.47 bits per heavy atom. The van der Waals surface area contributed by atoms with Gasteiger partial charge in [-0.25, -0.2) is 0 Å². The zero-order valence-corrected chi connectivity index (χ0v) is 20.1. The highest BCUT2D eigenvalue weighted by molar-refractivity contribution is 6.35. The fourth-order valence-corrected chi connectivity index (χ4v) is 4.57. The molecular formula is C26H16Cl2F3N3O2. The van der Waals surface area contributed by atoms with Crippen LogP contribution in [0.2, 0.25) is 10.0 Å². The summed E-state index contributed by atoms with van der Waals surface area (Å²) in [5, 5.41) is 4.39. The Morgan fingerprint density at radius 2 is 1.78 bits per heavy atom. The van der Waals surface area contributed by atoms with Crippen LogP contribution in [0.15, 0.2) is 71.3 Å². The highest BCUT2D eigenvalue weighted by Crippen LogP contribution is 2.40. The summed E-state index contributed by atoms with van der Waals surface area (Å²) in [7, 11) is 0. The third-order valence-corrected chi connectivity index (χ3v) is 6.29. The smallest absolute Gasteiger partial charge is 0.333 e. The van der Waals surface area contributed by atoms with Gasteiger partial charge in [0.15, 0.2) is 0 Å². The highest BCUT2D eigenvalue weighted by Gasteiger charge is 2.42. The molecule has 5 aromatic rings. The first kappa shape index (κ1) is 24.1. The Kier molecular flexibility index (Phi) is 6.10. The number of halogens is 5. The molecule has 0 aliphatic heterocycles. The van der Waals surface area contributed by atoms with E-state index in [1.807, 2.05) is 0 Å². The van der Waals surface area contributed by atoms with Gasteiger partial charge in [-0.3, -0.25) is 4.79 Å². The standard InChI is InChI=1S/C26H16Cl2F3N3O2/c1-14-7-10-20-18(11-14)21(22(35)24-32-25(36-33-24)15-5-3-2-4-6-15)23(26(29,30)31)34(20)13-16-8-9-17(27)12-19(16)28/h2-12H,13H2,1H3. The van der Waals surface area contributed by atoms with Crippen LogP contribution in [0.5, 0.6) is 0 Å². The van der Waals surface area contributed by atoms with Crippen molar-refractivity contribution in [3.8, 4) is 11.5 Å².